The predicted molar refractivity (Wildman–Crippen MR) is 193 cm³/mol. The summed E-state index contributed by atoms with van der Waals surface area (Å²) in [6, 6.07) is 24.2. The third-order valence-electron chi connectivity index (χ3n) is 8.93. The molecule has 0 bridgehead atoms. The minimum Gasteiger partial charge on any atom is -0.394 e. The van der Waals surface area contributed by atoms with Crippen LogP contribution in [0.25, 0.3) is 0 Å². The number of hydrogen-bond donors (Lipinski definition) is 4. The average molecular weight is 689 g/mol. The topological polar surface area (TPSA) is 134 Å². The van der Waals surface area contributed by atoms with Gasteiger partial charge < -0.3 is 31.1 Å². The van der Waals surface area contributed by atoms with Crippen molar-refractivity contribution in [1.82, 2.24) is 15.5 Å². The summed E-state index contributed by atoms with van der Waals surface area (Å²) >= 11 is 6.31. The van der Waals surface area contributed by atoms with Crippen molar-refractivity contribution in [3.63, 3.8) is 0 Å². The second kappa shape index (κ2) is 18.1. The van der Waals surface area contributed by atoms with Gasteiger partial charge in [0.25, 0.3) is 0 Å². The van der Waals surface area contributed by atoms with Gasteiger partial charge >= 0.3 is 0 Å². The first-order valence-corrected chi connectivity index (χ1v) is 17.3. The molecular weight excluding hydrogens is 640 g/mol. The highest BCUT2D eigenvalue weighted by Gasteiger charge is 2.38. The van der Waals surface area contributed by atoms with E-state index >= 15 is 0 Å². The first-order chi connectivity index (χ1) is 23.5. The van der Waals surface area contributed by atoms with Crippen LogP contribution in [-0.4, -0.2) is 71.2 Å². The van der Waals surface area contributed by atoms with Gasteiger partial charge in [-0.1, -0.05) is 96.5 Å². The Hall–Kier alpha value is -4.02. The Balaban J connectivity index is 1.56. The molecule has 10 heteroatoms. The second-order valence-corrected chi connectivity index (χ2v) is 13.6. The Morgan fingerprint density at radius 2 is 1.65 bits per heavy atom. The van der Waals surface area contributed by atoms with Crippen LogP contribution >= 0.6 is 11.6 Å². The number of benzene rings is 3. The minimum atomic E-state index is -1.04. The van der Waals surface area contributed by atoms with Crippen molar-refractivity contribution in [2.24, 2.45) is 11.1 Å². The van der Waals surface area contributed by atoms with Crippen LogP contribution in [0, 0.1) is 5.41 Å². The number of likely N-dealkylation sites (tertiary alicyclic amines) is 1. The first-order valence-electron chi connectivity index (χ1n) is 16.9. The van der Waals surface area contributed by atoms with Gasteiger partial charge in [0.05, 0.1) is 42.9 Å². The van der Waals surface area contributed by atoms with E-state index in [1.54, 1.807) is 24.8 Å². The molecule has 1 unspecified atom stereocenters. The summed E-state index contributed by atoms with van der Waals surface area (Å²) in [5.41, 5.74) is 7.65. The number of hydrogen-bond acceptors (Lipinski definition) is 6. The van der Waals surface area contributed by atoms with Gasteiger partial charge in [0.15, 0.2) is 0 Å². The highest BCUT2D eigenvalue weighted by Crippen LogP contribution is 2.29. The number of nitrogens with zero attached hydrogens (tertiary/aromatic N) is 1. The van der Waals surface area contributed by atoms with E-state index in [0.717, 1.165) is 23.1 Å². The molecule has 0 aliphatic carbocycles. The lowest BCUT2D eigenvalue weighted by atomic mass is 9.81. The van der Waals surface area contributed by atoms with E-state index in [-0.39, 0.29) is 31.1 Å². The van der Waals surface area contributed by atoms with Gasteiger partial charge in [-0.25, -0.2) is 0 Å². The molecule has 0 spiro atoms. The molecule has 6 atom stereocenters. The quantitative estimate of drug-likeness (QED) is 0.163. The maximum absolute atomic E-state index is 14.1. The number of rotatable bonds is 16. The van der Waals surface area contributed by atoms with Crippen LogP contribution in [-0.2, 0) is 38.6 Å². The summed E-state index contributed by atoms with van der Waals surface area (Å²) < 4.78 is 6.09. The molecule has 49 heavy (non-hydrogen) atoms. The monoisotopic (exact) mass is 688 g/mol. The second-order valence-electron chi connectivity index (χ2n) is 13.1. The molecule has 1 fully saturated rings. The number of aliphatic hydroxyl groups is 1. The van der Waals surface area contributed by atoms with Crippen LogP contribution in [0.3, 0.4) is 0 Å². The third kappa shape index (κ3) is 11.0. The van der Waals surface area contributed by atoms with E-state index in [4.69, 9.17) is 22.1 Å². The molecule has 1 saturated heterocycles. The Morgan fingerprint density at radius 3 is 2.29 bits per heavy atom. The van der Waals surface area contributed by atoms with Crippen molar-refractivity contribution in [2.45, 2.75) is 83.3 Å². The fraction of sp³-hybridized carbons (Fsp3) is 0.410. The maximum atomic E-state index is 14.1. The molecule has 3 aromatic rings. The Morgan fingerprint density at radius 1 is 1.00 bits per heavy atom. The summed E-state index contributed by atoms with van der Waals surface area (Å²) in [5.74, 6) is -0.968. The summed E-state index contributed by atoms with van der Waals surface area (Å²) in [4.78, 5) is 42.7. The molecule has 9 nitrogen and oxygen atoms in total. The molecule has 0 saturated carbocycles. The zero-order chi connectivity index (χ0) is 35.4. The van der Waals surface area contributed by atoms with Crippen molar-refractivity contribution in [3.05, 3.63) is 119 Å². The first kappa shape index (κ1) is 37.8. The molecule has 1 heterocycles. The fourth-order valence-corrected chi connectivity index (χ4v) is 6.24. The highest BCUT2D eigenvalue weighted by atomic mass is 35.5. The van der Waals surface area contributed by atoms with Gasteiger partial charge in [-0.3, -0.25) is 14.4 Å². The van der Waals surface area contributed by atoms with Gasteiger partial charge in [0.1, 0.15) is 6.04 Å². The Bertz CT molecular complexity index is 1550. The van der Waals surface area contributed by atoms with E-state index in [2.05, 4.69) is 10.6 Å². The summed E-state index contributed by atoms with van der Waals surface area (Å²) in [7, 11) is 0. The maximum Gasteiger partial charge on any atom is 0.248 e. The summed E-state index contributed by atoms with van der Waals surface area (Å²) in [5, 5.41) is 16.6. The zero-order valence-electron chi connectivity index (χ0n) is 28.6. The molecule has 0 radical (unpaired) electrons. The normalized spacial score (nSPS) is 18.3. The average Bonchev–Trinajstić information content (AvgIpc) is 3.57. The molecule has 1 aliphatic heterocycles. The van der Waals surface area contributed by atoms with E-state index < -0.39 is 35.6 Å². The number of carbonyl (C=O) groups is 3. The molecule has 3 aromatic carbocycles. The van der Waals surface area contributed by atoms with Crippen LogP contribution in [0.4, 0.5) is 0 Å². The number of halogens is 1. The van der Waals surface area contributed by atoms with Crippen LogP contribution in [0.2, 0.25) is 5.02 Å². The number of carbonyl (C=O) groups excluding carboxylic acids is 3. The van der Waals surface area contributed by atoms with Gasteiger partial charge in [-0.05, 0) is 75.3 Å². The number of aliphatic hydroxyl groups excluding tert-OH is 1. The molecule has 5 N–H and O–H groups in total. The molecule has 3 amide bonds. The van der Waals surface area contributed by atoms with E-state index in [1.165, 1.54) is 0 Å². The van der Waals surface area contributed by atoms with Gasteiger partial charge in [0.2, 0.25) is 17.7 Å². The zero-order valence-corrected chi connectivity index (χ0v) is 29.3. The number of nitrogens with two attached hydrogens (primary N) is 1. The van der Waals surface area contributed by atoms with Crippen LogP contribution < -0.4 is 16.4 Å². The Labute approximate surface area is 294 Å². The third-order valence-corrected chi connectivity index (χ3v) is 9.17. The van der Waals surface area contributed by atoms with Crippen LogP contribution in [0.15, 0.2) is 97.1 Å². The molecular formula is C39H49ClN4O5. The van der Waals surface area contributed by atoms with Gasteiger partial charge in [-0.15, -0.1) is 0 Å². The van der Waals surface area contributed by atoms with Crippen molar-refractivity contribution >= 4 is 29.3 Å². The van der Waals surface area contributed by atoms with Gasteiger partial charge in [0, 0.05) is 11.6 Å². The molecule has 262 valence electrons. The number of ether oxygens (including phenoxy) is 1. The van der Waals surface area contributed by atoms with Gasteiger partial charge in [-0.2, -0.15) is 0 Å². The van der Waals surface area contributed by atoms with E-state index in [1.807, 2.05) is 97.9 Å². The molecule has 1 aliphatic rings. The summed E-state index contributed by atoms with van der Waals surface area (Å²) in [6.07, 6.45) is 5.41. The highest BCUT2D eigenvalue weighted by molar-refractivity contribution is 6.30. The van der Waals surface area contributed by atoms with Crippen LogP contribution in [0.1, 0.15) is 50.3 Å². The standard InChI is InChI=1S/C39H49ClN4O5/c1-27(41)36(46)43-35(28(2)49-26-30-14-8-5-9-15-30)37(47)44-21-11-18-34(44)19-20-39(3,24-31-16-10-17-32(40)22-31)38(48)42-33(25-45)23-29-12-6-4-7-13-29/h4-10,12-17,19-20,22,27-28,33-35,45H,11,18,21,23-26,41H2,1-3H3,(H,42,48)(H,43,46)/b20-19+/t27-,28+,33-,34?,35-,39-/m0/s1. The van der Waals surface area contributed by atoms with Crippen molar-refractivity contribution in [2.75, 3.05) is 13.2 Å². The smallest absolute Gasteiger partial charge is 0.248 e. The molecule has 0 aromatic heterocycles. The fourth-order valence-electron chi connectivity index (χ4n) is 6.03. The lowest BCUT2D eigenvalue weighted by molar-refractivity contribution is -0.141. The summed E-state index contributed by atoms with van der Waals surface area (Å²) in [6.45, 7) is 5.74. The number of amides is 3. The molecule has 4 rings (SSSR count). The number of nitrogens with one attached hydrogen (secondary N) is 2. The minimum absolute atomic E-state index is 0.221. The van der Waals surface area contributed by atoms with Crippen molar-refractivity contribution < 1.29 is 24.2 Å². The predicted octanol–water partition coefficient (Wildman–Crippen LogP) is 4.59. The lowest BCUT2D eigenvalue weighted by Crippen LogP contribution is -2.57. The van der Waals surface area contributed by atoms with E-state index in [0.29, 0.717) is 30.8 Å². The Kier molecular flexibility index (Phi) is 14.0. The van der Waals surface area contributed by atoms with E-state index in [9.17, 15) is 19.5 Å². The van der Waals surface area contributed by atoms with Crippen LogP contribution in [0.5, 0.6) is 0 Å². The largest absolute Gasteiger partial charge is 0.394 e. The van der Waals surface area contributed by atoms with Crippen molar-refractivity contribution in [3.8, 4) is 0 Å². The lowest BCUT2D eigenvalue weighted by Gasteiger charge is -2.32. The van der Waals surface area contributed by atoms with Crippen molar-refractivity contribution in [1.29, 1.82) is 0 Å². The SMILES string of the molecule is C[C@H](N)C(=O)N[C@H](C(=O)N1CCCC1/C=C/[C@@](C)(Cc1cccc(Cl)c1)C(=O)N[C@H](CO)Cc1ccccc1)[C@@H](C)OCc1ccccc1.